The zero-order valence-corrected chi connectivity index (χ0v) is 10.7. The Morgan fingerprint density at radius 1 is 1.17 bits per heavy atom. The number of ether oxygens (including phenoxy) is 1. The number of methoxy groups -OCH3 is 1. The molecule has 94 valence electrons. The molecule has 0 aromatic carbocycles. The molecule has 1 atom stereocenters. The second-order valence-electron chi connectivity index (χ2n) is 3.88. The Hall–Kier alpha value is -2.01. The molecular formula is C13H16N4O. The lowest BCUT2D eigenvalue weighted by Crippen LogP contribution is -2.15. The highest BCUT2D eigenvalue weighted by Gasteiger charge is 2.13. The topological polar surface area (TPSA) is 59.9 Å². The molecule has 2 heterocycles. The van der Waals surface area contributed by atoms with Gasteiger partial charge < -0.3 is 10.1 Å². The average molecular weight is 244 g/mol. The molecule has 5 heteroatoms. The molecule has 18 heavy (non-hydrogen) atoms. The van der Waals surface area contributed by atoms with E-state index in [-0.39, 0.29) is 6.04 Å². The first-order chi connectivity index (χ1) is 8.76. The molecule has 0 saturated carbocycles. The van der Waals surface area contributed by atoms with Gasteiger partial charge in [-0.15, -0.1) is 0 Å². The number of hydrogen-bond acceptors (Lipinski definition) is 5. The number of nitrogens with zero attached hydrogens (tertiary/aromatic N) is 3. The van der Waals surface area contributed by atoms with E-state index in [0.29, 0.717) is 0 Å². The van der Waals surface area contributed by atoms with Crippen molar-refractivity contribution in [3.05, 3.63) is 36.4 Å². The van der Waals surface area contributed by atoms with E-state index in [1.165, 1.54) is 0 Å². The van der Waals surface area contributed by atoms with Crippen LogP contribution in [0.5, 0.6) is 5.75 Å². The molecule has 2 rings (SSSR count). The van der Waals surface area contributed by atoms with E-state index < -0.39 is 0 Å². The molecule has 0 aliphatic rings. The Morgan fingerprint density at radius 3 is 2.56 bits per heavy atom. The Morgan fingerprint density at radius 2 is 1.94 bits per heavy atom. The molecule has 2 aromatic heterocycles. The molecule has 2 aromatic rings. The first-order valence-corrected chi connectivity index (χ1v) is 5.75. The summed E-state index contributed by atoms with van der Waals surface area (Å²) in [6.45, 7) is 2.04. The van der Waals surface area contributed by atoms with Gasteiger partial charge in [0.1, 0.15) is 11.4 Å². The zero-order chi connectivity index (χ0) is 13.0. The van der Waals surface area contributed by atoms with Gasteiger partial charge in [-0.05, 0) is 26.1 Å². The van der Waals surface area contributed by atoms with Crippen molar-refractivity contribution in [2.24, 2.45) is 0 Å². The van der Waals surface area contributed by atoms with E-state index >= 15 is 0 Å². The Balaban J connectivity index is 2.43. The summed E-state index contributed by atoms with van der Waals surface area (Å²) in [5.41, 5.74) is 2.47. The number of pyridine rings is 1. The van der Waals surface area contributed by atoms with Gasteiger partial charge in [0.15, 0.2) is 0 Å². The van der Waals surface area contributed by atoms with Gasteiger partial charge in [-0.25, -0.2) is 0 Å². The summed E-state index contributed by atoms with van der Waals surface area (Å²) >= 11 is 0. The van der Waals surface area contributed by atoms with Crippen LogP contribution in [0.15, 0.2) is 30.7 Å². The minimum Gasteiger partial charge on any atom is -0.495 e. The highest BCUT2D eigenvalue weighted by Crippen LogP contribution is 2.23. The maximum atomic E-state index is 5.09. The van der Waals surface area contributed by atoms with Crippen molar-refractivity contribution < 1.29 is 4.74 Å². The molecule has 1 unspecified atom stereocenters. The lowest BCUT2D eigenvalue weighted by molar-refractivity contribution is 0.413. The molecule has 0 radical (unpaired) electrons. The van der Waals surface area contributed by atoms with Gasteiger partial charge in [0.25, 0.3) is 0 Å². The summed E-state index contributed by atoms with van der Waals surface area (Å²) in [6.07, 6.45) is 5.04. The number of nitrogens with one attached hydrogen (secondary N) is 1. The Labute approximate surface area is 106 Å². The third kappa shape index (κ3) is 2.46. The van der Waals surface area contributed by atoms with E-state index in [2.05, 4.69) is 20.3 Å². The van der Waals surface area contributed by atoms with E-state index in [0.717, 1.165) is 22.8 Å². The van der Waals surface area contributed by atoms with Crippen LogP contribution >= 0.6 is 0 Å². The molecule has 0 saturated heterocycles. The van der Waals surface area contributed by atoms with Crippen LogP contribution in [0.25, 0.3) is 11.4 Å². The molecule has 5 nitrogen and oxygen atoms in total. The van der Waals surface area contributed by atoms with Crippen molar-refractivity contribution in [1.29, 1.82) is 0 Å². The van der Waals surface area contributed by atoms with Crippen LogP contribution in [0, 0.1) is 0 Å². The minimum absolute atomic E-state index is 0.123. The summed E-state index contributed by atoms with van der Waals surface area (Å²) in [5.74, 6) is 0.728. The predicted octanol–water partition coefficient (Wildman–Crippen LogP) is 1.83. The molecule has 0 bridgehead atoms. The van der Waals surface area contributed by atoms with Gasteiger partial charge in [-0.1, -0.05) is 0 Å². The lowest BCUT2D eigenvalue weighted by Gasteiger charge is -2.13. The molecule has 1 N–H and O–H groups in total. The molecular weight excluding hydrogens is 228 g/mol. The van der Waals surface area contributed by atoms with Gasteiger partial charge in [-0.3, -0.25) is 15.0 Å². The van der Waals surface area contributed by atoms with Crippen LogP contribution in [-0.4, -0.2) is 29.1 Å². The van der Waals surface area contributed by atoms with Crippen molar-refractivity contribution in [3.8, 4) is 17.1 Å². The van der Waals surface area contributed by atoms with Gasteiger partial charge in [0, 0.05) is 18.4 Å². The van der Waals surface area contributed by atoms with Gasteiger partial charge in [-0.2, -0.15) is 0 Å². The fourth-order valence-electron chi connectivity index (χ4n) is 1.64. The molecule has 0 spiro atoms. The van der Waals surface area contributed by atoms with E-state index in [1.807, 2.05) is 26.1 Å². The summed E-state index contributed by atoms with van der Waals surface area (Å²) < 4.78 is 5.09. The fourth-order valence-corrected chi connectivity index (χ4v) is 1.64. The number of hydrogen-bond donors (Lipinski definition) is 1. The Kier molecular flexibility index (Phi) is 3.84. The zero-order valence-electron chi connectivity index (χ0n) is 10.7. The quantitative estimate of drug-likeness (QED) is 0.889. The normalized spacial score (nSPS) is 12.2. The summed E-state index contributed by atoms with van der Waals surface area (Å²) in [6, 6.07) is 3.87. The van der Waals surface area contributed by atoms with Crippen molar-refractivity contribution in [2.75, 3.05) is 14.2 Å². The minimum atomic E-state index is 0.123. The summed E-state index contributed by atoms with van der Waals surface area (Å²) in [5, 5.41) is 3.16. The SMILES string of the molecule is CNC(C)c1nccnc1-c1ccc(OC)cn1. The second-order valence-corrected chi connectivity index (χ2v) is 3.88. The van der Waals surface area contributed by atoms with E-state index in [9.17, 15) is 0 Å². The Bertz CT molecular complexity index is 513. The highest BCUT2D eigenvalue weighted by molar-refractivity contribution is 5.57. The van der Waals surface area contributed by atoms with Gasteiger partial charge in [0.2, 0.25) is 0 Å². The maximum Gasteiger partial charge on any atom is 0.137 e. The van der Waals surface area contributed by atoms with Gasteiger partial charge in [0.05, 0.1) is 24.7 Å². The molecule has 0 fully saturated rings. The number of aromatic nitrogens is 3. The van der Waals surface area contributed by atoms with E-state index in [1.54, 1.807) is 25.7 Å². The van der Waals surface area contributed by atoms with Crippen LogP contribution in [0.4, 0.5) is 0 Å². The molecule has 0 aliphatic carbocycles. The average Bonchev–Trinajstić information content (AvgIpc) is 2.46. The smallest absolute Gasteiger partial charge is 0.137 e. The van der Waals surface area contributed by atoms with Crippen molar-refractivity contribution in [2.45, 2.75) is 13.0 Å². The maximum absolute atomic E-state index is 5.09. The van der Waals surface area contributed by atoms with Crippen LogP contribution in [-0.2, 0) is 0 Å². The first kappa shape index (κ1) is 12.4. The highest BCUT2D eigenvalue weighted by atomic mass is 16.5. The van der Waals surface area contributed by atoms with Gasteiger partial charge >= 0.3 is 0 Å². The van der Waals surface area contributed by atoms with Crippen LogP contribution in [0.1, 0.15) is 18.7 Å². The first-order valence-electron chi connectivity index (χ1n) is 5.75. The molecule has 0 aliphatic heterocycles. The fraction of sp³-hybridized carbons (Fsp3) is 0.308. The summed E-state index contributed by atoms with van der Waals surface area (Å²) in [7, 11) is 3.51. The van der Waals surface area contributed by atoms with Crippen molar-refractivity contribution in [3.63, 3.8) is 0 Å². The molecule has 0 amide bonds. The van der Waals surface area contributed by atoms with Crippen LogP contribution < -0.4 is 10.1 Å². The van der Waals surface area contributed by atoms with Crippen LogP contribution in [0.2, 0.25) is 0 Å². The summed E-state index contributed by atoms with van der Waals surface area (Å²) in [4.78, 5) is 13.1. The third-order valence-corrected chi connectivity index (χ3v) is 2.78. The predicted molar refractivity (Wildman–Crippen MR) is 69.3 cm³/mol. The van der Waals surface area contributed by atoms with Crippen LogP contribution in [0.3, 0.4) is 0 Å². The lowest BCUT2D eigenvalue weighted by atomic mass is 10.1. The monoisotopic (exact) mass is 244 g/mol. The van der Waals surface area contributed by atoms with E-state index in [4.69, 9.17) is 4.74 Å². The second kappa shape index (κ2) is 5.55. The standard InChI is InChI=1S/C13H16N4O/c1-9(14-2)12-13(16-7-6-15-12)11-5-4-10(18-3)8-17-11/h4-9,14H,1-3H3. The largest absolute Gasteiger partial charge is 0.495 e. The third-order valence-electron chi connectivity index (χ3n) is 2.78. The number of rotatable bonds is 4. The van der Waals surface area contributed by atoms with Crippen molar-refractivity contribution in [1.82, 2.24) is 20.3 Å². The van der Waals surface area contributed by atoms with Crippen molar-refractivity contribution >= 4 is 0 Å².